The Morgan fingerprint density at radius 3 is 2.67 bits per heavy atom. The molecule has 0 aliphatic heterocycles. The van der Waals surface area contributed by atoms with Crippen LogP contribution in [0.3, 0.4) is 0 Å². The van der Waals surface area contributed by atoms with Gasteiger partial charge in [-0.1, -0.05) is 6.08 Å². The Balaban J connectivity index is 3.07. The first-order valence-electron chi connectivity index (χ1n) is 1.76. The molecule has 32 valence electrons. The van der Waals surface area contributed by atoms with Crippen LogP contribution in [0.1, 0.15) is 6.42 Å². The molecule has 0 saturated carbocycles. The van der Waals surface area contributed by atoms with Crippen molar-refractivity contribution >= 4 is 5.87 Å². The van der Waals surface area contributed by atoms with Gasteiger partial charge in [-0.25, -0.2) is 0 Å². The predicted octanol–water partition coefficient (Wildman–Crippen LogP) is 1.37. The van der Waals surface area contributed by atoms with Crippen LogP contribution in [-0.2, 0) is 0 Å². The smallest absolute Gasteiger partial charge is 0.00803 e. The molecule has 0 aromatic heterocycles. The first-order chi connectivity index (χ1) is 2.91. The molecule has 0 aliphatic rings. The second-order valence-electron chi connectivity index (χ2n) is 0.873. The van der Waals surface area contributed by atoms with Gasteiger partial charge in [0.15, 0.2) is 0 Å². The molecule has 0 rings (SSSR count). The van der Waals surface area contributed by atoms with E-state index in [1.54, 1.807) is 12.2 Å². The molecule has 1 heteroatoms. The third-order valence-corrected chi connectivity index (χ3v) is 0.387. The van der Waals surface area contributed by atoms with E-state index in [9.17, 15) is 0 Å². The van der Waals surface area contributed by atoms with E-state index in [2.05, 4.69) is 12.4 Å². The Hall–Kier alpha value is -0.810. The van der Waals surface area contributed by atoms with Crippen molar-refractivity contribution < 1.29 is 0 Å². The van der Waals surface area contributed by atoms with Gasteiger partial charge in [0, 0.05) is 0 Å². The Morgan fingerprint density at radius 1 is 1.83 bits per heavy atom. The second kappa shape index (κ2) is 4.19. The Kier molecular flexibility index (Phi) is 3.62. The van der Waals surface area contributed by atoms with E-state index < -0.39 is 0 Å². The first kappa shape index (κ1) is 5.19. The zero-order valence-electron chi connectivity index (χ0n) is 3.57. The maximum atomic E-state index is 6.35. The second-order valence-corrected chi connectivity index (χ2v) is 0.873. The zero-order valence-corrected chi connectivity index (χ0v) is 3.57. The lowest BCUT2D eigenvalue weighted by Gasteiger charge is -1.64. The average Bonchev–Trinajstić information content (AvgIpc) is 1.61. The first-order valence-corrected chi connectivity index (χ1v) is 1.76. The van der Waals surface area contributed by atoms with Crippen molar-refractivity contribution in [1.82, 2.24) is 0 Å². The van der Waals surface area contributed by atoms with Gasteiger partial charge < -0.3 is 0 Å². The molecular weight excluding hydrogens is 74.1 g/mol. The lowest BCUT2D eigenvalue weighted by Crippen LogP contribution is -1.50. The molecule has 0 bridgehead atoms. The Labute approximate surface area is 37.5 Å². The lowest BCUT2D eigenvalue weighted by atomic mass is 10.4. The zero-order chi connectivity index (χ0) is 4.83. The molecule has 0 radical (unpaired) electrons. The molecule has 0 aliphatic carbocycles. The van der Waals surface area contributed by atoms with Gasteiger partial charge in [0.1, 0.15) is 0 Å². The van der Waals surface area contributed by atoms with Crippen molar-refractivity contribution in [3.63, 3.8) is 0 Å². The molecule has 0 unspecified atom stereocenters. The summed E-state index contributed by atoms with van der Waals surface area (Å²) in [6, 6.07) is 0. The highest BCUT2D eigenvalue weighted by atomic mass is 14.3. The monoisotopic (exact) mass is 81.1 g/mol. The standard InChI is InChI=1S/C5H7N/c1-2-3-4-5-6/h2,4,6H,1,3H2. The van der Waals surface area contributed by atoms with Crippen LogP contribution in [0.4, 0.5) is 0 Å². The molecule has 6 heavy (non-hydrogen) atoms. The van der Waals surface area contributed by atoms with Crippen LogP contribution in [0.15, 0.2) is 18.7 Å². The van der Waals surface area contributed by atoms with Crippen LogP contribution in [0.25, 0.3) is 0 Å². The highest BCUT2D eigenvalue weighted by molar-refractivity contribution is 5.47. The summed E-state index contributed by atoms with van der Waals surface area (Å²) < 4.78 is 0. The molecule has 0 aromatic rings. The number of hydrogen-bond acceptors (Lipinski definition) is 1. The van der Waals surface area contributed by atoms with Gasteiger partial charge >= 0.3 is 0 Å². The van der Waals surface area contributed by atoms with Crippen molar-refractivity contribution in [2.24, 2.45) is 0 Å². The molecule has 0 atom stereocenters. The summed E-state index contributed by atoms with van der Waals surface area (Å²) in [6.45, 7) is 3.44. The maximum Gasteiger partial charge on any atom is -0.00803 e. The van der Waals surface area contributed by atoms with Gasteiger partial charge in [0.05, 0.1) is 0 Å². The molecule has 0 aromatic carbocycles. The fourth-order valence-corrected chi connectivity index (χ4v) is 0.142. The summed E-state index contributed by atoms with van der Waals surface area (Å²) in [7, 11) is 0. The fraction of sp³-hybridized carbons (Fsp3) is 0.200. The quantitative estimate of drug-likeness (QED) is 0.383. The van der Waals surface area contributed by atoms with Gasteiger partial charge in [0.2, 0.25) is 0 Å². The van der Waals surface area contributed by atoms with Crippen LogP contribution >= 0.6 is 0 Å². The lowest BCUT2D eigenvalue weighted by molar-refractivity contribution is 1.42. The number of allylic oxidation sites excluding steroid dienone is 2. The van der Waals surface area contributed by atoms with Crippen LogP contribution in [0.2, 0.25) is 0 Å². The van der Waals surface area contributed by atoms with Crippen molar-refractivity contribution in [1.29, 1.82) is 5.41 Å². The van der Waals surface area contributed by atoms with E-state index in [-0.39, 0.29) is 0 Å². The maximum absolute atomic E-state index is 6.35. The highest BCUT2D eigenvalue weighted by Crippen LogP contribution is 1.73. The molecule has 0 saturated heterocycles. The summed E-state index contributed by atoms with van der Waals surface area (Å²) >= 11 is 0. The Bertz CT molecular complexity index is 77.9. The molecule has 1 nitrogen and oxygen atoms in total. The molecule has 0 amide bonds. The fourth-order valence-electron chi connectivity index (χ4n) is 0.142. The molecule has 0 spiro atoms. The van der Waals surface area contributed by atoms with Crippen molar-refractivity contribution in [2.45, 2.75) is 6.42 Å². The van der Waals surface area contributed by atoms with Crippen molar-refractivity contribution in [3.8, 4) is 0 Å². The SMILES string of the molecule is C=CCC=C=N. The summed E-state index contributed by atoms with van der Waals surface area (Å²) in [5.41, 5.74) is 0. The van der Waals surface area contributed by atoms with Crippen LogP contribution in [0, 0.1) is 5.41 Å². The van der Waals surface area contributed by atoms with Crippen LogP contribution in [0.5, 0.6) is 0 Å². The Morgan fingerprint density at radius 2 is 2.50 bits per heavy atom. The van der Waals surface area contributed by atoms with Gasteiger partial charge in [-0.2, -0.15) is 0 Å². The molecule has 0 heterocycles. The summed E-state index contributed by atoms with van der Waals surface area (Å²) in [6.07, 6.45) is 4.08. The summed E-state index contributed by atoms with van der Waals surface area (Å²) in [5, 5.41) is 6.35. The van der Waals surface area contributed by atoms with E-state index in [1.165, 1.54) is 0 Å². The van der Waals surface area contributed by atoms with E-state index in [1.807, 2.05) is 0 Å². The van der Waals surface area contributed by atoms with Gasteiger partial charge in [-0.05, 0) is 18.4 Å². The van der Waals surface area contributed by atoms with Gasteiger partial charge in [-0.15, -0.1) is 6.58 Å². The average molecular weight is 81.1 g/mol. The molecule has 0 fully saturated rings. The molecule has 1 N–H and O–H groups in total. The van der Waals surface area contributed by atoms with Gasteiger partial charge in [0.25, 0.3) is 0 Å². The topological polar surface area (TPSA) is 23.9 Å². The van der Waals surface area contributed by atoms with Crippen molar-refractivity contribution in [3.05, 3.63) is 18.7 Å². The van der Waals surface area contributed by atoms with E-state index in [4.69, 9.17) is 5.41 Å². The minimum absolute atomic E-state index is 0.753. The largest absolute Gasteiger partial charge is 0.259 e. The number of nitrogens with one attached hydrogen (secondary N) is 1. The normalized spacial score (nSPS) is 6.00. The third-order valence-electron chi connectivity index (χ3n) is 0.387. The van der Waals surface area contributed by atoms with Crippen LogP contribution in [-0.4, -0.2) is 5.87 Å². The predicted molar refractivity (Wildman–Crippen MR) is 27.1 cm³/mol. The summed E-state index contributed by atoms with van der Waals surface area (Å²) in [4.78, 5) is 0. The van der Waals surface area contributed by atoms with E-state index in [0.29, 0.717) is 0 Å². The minimum Gasteiger partial charge on any atom is -0.259 e. The minimum atomic E-state index is 0.753. The molecular formula is C5H7N. The van der Waals surface area contributed by atoms with Gasteiger partial charge in [-0.3, -0.25) is 5.41 Å². The number of hydrogen-bond donors (Lipinski definition) is 1. The third kappa shape index (κ3) is 3.19. The van der Waals surface area contributed by atoms with E-state index >= 15 is 0 Å². The number of rotatable bonds is 2. The van der Waals surface area contributed by atoms with E-state index in [0.717, 1.165) is 6.42 Å². The van der Waals surface area contributed by atoms with Crippen LogP contribution < -0.4 is 0 Å². The summed E-state index contributed by atoms with van der Waals surface area (Å²) in [5.74, 6) is 2.12. The highest BCUT2D eigenvalue weighted by Gasteiger charge is 1.57. The van der Waals surface area contributed by atoms with Crippen molar-refractivity contribution in [2.75, 3.05) is 0 Å².